The fraction of sp³-hybridized carbons (Fsp3) is 0.500. The molecule has 0 aliphatic carbocycles. The molecule has 1 saturated heterocycles. The summed E-state index contributed by atoms with van der Waals surface area (Å²) < 4.78 is 16.4. The number of nitrogens with zero attached hydrogens (tertiary/aromatic N) is 1. The molecule has 5 heteroatoms. The summed E-state index contributed by atoms with van der Waals surface area (Å²) >= 11 is 0. The molecule has 124 valence electrons. The number of furan rings is 1. The van der Waals surface area contributed by atoms with Crippen molar-refractivity contribution in [1.82, 2.24) is 0 Å². The van der Waals surface area contributed by atoms with Gasteiger partial charge in [-0.25, -0.2) is 4.79 Å². The maximum Gasteiger partial charge on any atom is 0.376 e. The molecule has 2 heterocycles. The third-order valence-electron chi connectivity index (χ3n) is 4.17. The number of hydrogen-bond donors (Lipinski definition) is 0. The standard InChI is InChI=1S/C18H23NO4/c1-3-11-22-18(20)17-16(19-9-5-4-6-10-19)14-8-7-13(21-2)12-15(14)23-17/h7-8,12H,3-6,9-11H2,1-2H3. The molecule has 0 atom stereocenters. The first-order chi connectivity index (χ1) is 11.2. The summed E-state index contributed by atoms with van der Waals surface area (Å²) in [5.74, 6) is 0.635. The van der Waals surface area contributed by atoms with Gasteiger partial charge in [-0.1, -0.05) is 6.92 Å². The van der Waals surface area contributed by atoms with Gasteiger partial charge >= 0.3 is 5.97 Å². The minimum Gasteiger partial charge on any atom is -0.497 e. The van der Waals surface area contributed by atoms with Gasteiger partial charge in [0.05, 0.1) is 19.4 Å². The van der Waals surface area contributed by atoms with Crippen molar-refractivity contribution in [2.24, 2.45) is 0 Å². The van der Waals surface area contributed by atoms with E-state index in [1.165, 1.54) is 6.42 Å². The minimum absolute atomic E-state index is 0.309. The number of benzene rings is 1. The Morgan fingerprint density at radius 3 is 2.74 bits per heavy atom. The second-order valence-corrected chi connectivity index (χ2v) is 5.83. The van der Waals surface area contributed by atoms with Crippen LogP contribution in [0.15, 0.2) is 22.6 Å². The summed E-state index contributed by atoms with van der Waals surface area (Å²) in [6.07, 6.45) is 4.28. The molecule has 1 aromatic heterocycles. The Labute approximate surface area is 136 Å². The quantitative estimate of drug-likeness (QED) is 0.780. The Bertz CT molecular complexity index is 686. The van der Waals surface area contributed by atoms with E-state index in [9.17, 15) is 4.79 Å². The smallest absolute Gasteiger partial charge is 0.376 e. The summed E-state index contributed by atoms with van der Waals surface area (Å²) in [7, 11) is 1.62. The maximum atomic E-state index is 12.4. The van der Waals surface area contributed by atoms with Crippen molar-refractivity contribution in [3.63, 3.8) is 0 Å². The Morgan fingerprint density at radius 1 is 1.26 bits per heavy atom. The molecule has 1 fully saturated rings. The second kappa shape index (κ2) is 6.94. The highest BCUT2D eigenvalue weighted by Crippen LogP contribution is 2.37. The van der Waals surface area contributed by atoms with Gasteiger partial charge < -0.3 is 18.8 Å². The van der Waals surface area contributed by atoms with Crippen LogP contribution >= 0.6 is 0 Å². The van der Waals surface area contributed by atoms with E-state index >= 15 is 0 Å². The maximum absolute atomic E-state index is 12.4. The van der Waals surface area contributed by atoms with E-state index < -0.39 is 0 Å². The number of carbonyl (C=O) groups excluding carboxylic acids is 1. The average Bonchev–Trinajstić information content (AvgIpc) is 2.98. The topological polar surface area (TPSA) is 51.9 Å². The van der Waals surface area contributed by atoms with E-state index in [2.05, 4.69) is 4.90 Å². The molecule has 0 N–H and O–H groups in total. The van der Waals surface area contributed by atoms with Crippen LogP contribution in [0, 0.1) is 0 Å². The lowest BCUT2D eigenvalue weighted by Crippen LogP contribution is -2.30. The normalized spacial score (nSPS) is 15.0. The number of ether oxygens (including phenoxy) is 2. The van der Waals surface area contributed by atoms with E-state index in [0.29, 0.717) is 23.7 Å². The summed E-state index contributed by atoms with van der Waals surface area (Å²) in [5.41, 5.74) is 1.52. The first-order valence-corrected chi connectivity index (χ1v) is 8.27. The van der Waals surface area contributed by atoms with Gasteiger partial charge in [-0.3, -0.25) is 0 Å². The number of anilines is 1. The van der Waals surface area contributed by atoms with Crippen LogP contribution in [0.1, 0.15) is 43.2 Å². The van der Waals surface area contributed by atoms with Gasteiger partial charge in [0.2, 0.25) is 5.76 Å². The molecule has 1 aromatic carbocycles. The highest BCUT2D eigenvalue weighted by molar-refractivity contribution is 6.05. The molecular weight excluding hydrogens is 294 g/mol. The van der Waals surface area contributed by atoms with Crippen molar-refractivity contribution in [1.29, 1.82) is 0 Å². The lowest BCUT2D eigenvalue weighted by Gasteiger charge is -2.28. The molecule has 0 amide bonds. The van der Waals surface area contributed by atoms with Crippen molar-refractivity contribution < 1.29 is 18.7 Å². The van der Waals surface area contributed by atoms with Crippen LogP contribution in [-0.2, 0) is 4.74 Å². The largest absolute Gasteiger partial charge is 0.497 e. The molecule has 0 radical (unpaired) electrons. The number of hydrogen-bond acceptors (Lipinski definition) is 5. The van der Waals surface area contributed by atoms with Gasteiger partial charge in [0.15, 0.2) is 0 Å². The third-order valence-corrected chi connectivity index (χ3v) is 4.17. The number of fused-ring (bicyclic) bond motifs is 1. The highest BCUT2D eigenvalue weighted by atomic mass is 16.5. The van der Waals surface area contributed by atoms with Crippen LogP contribution in [0.4, 0.5) is 5.69 Å². The van der Waals surface area contributed by atoms with Crippen molar-refractivity contribution in [2.45, 2.75) is 32.6 Å². The Balaban J connectivity index is 2.06. The van der Waals surface area contributed by atoms with Gasteiger partial charge in [0.1, 0.15) is 11.3 Å². The lowest BCUT2D eigenvalue weighted by molar-refractivity contribution is 0.0472. The zero-order valence-corrected chi connectivity index (χ0v) is 13.8. The van der Waals surface area contributed by atoms with E-state index in [4.69, 9.17) is 13.9 Å². The average molecular weight is 317 g/mol. The van der Waals surface area contributed by atoms with Crippen LogP contribution in [-0.4, -0.2) is 32.8 Å². The van der Waals surface area contributed by atoms with Crippen molar-refractivity contribution in [3.05, 3.63) is 24.0 Å². The predicted molar refractivity (Wildman–Crippen MR) is 89.4 cm³/mol. The highest BCUT2D eigenvalue weighted by Gasteiger charge is 2.27. The molecule has 0 saturated carbocycles. The Kier molecular flexibility index (Phi) is 4.74. The van der Waals surface area contributed by atoms with Crippen LogP contribution in [0.5, 0.6) is 5.75 Å². The molecular formula is C18H23NO4. The Hall–Kier alpha value is -2.17. The zero-order chi connectivity index (χ0) is 16.2. The van der Waals surface area contributed by atoms with Gasteiger partial charge in [0.25, 0.3) is 0 Å². The molecule has 23 heavy (non-hydrogen) atoms. The summed E-state index contributed by atoms with van der Waals surface area (Å²) in [5, 5.41) is 0.941. The van der Waals surface area contributed by atoms with Crippen LogP contribution in [0.25, 0.3) is 11.0 Å². The SMILES string of the molecule is CCCOC(=O)c1oc2cc(OC)ccc2c1N1CCCCC1. The zero-order valence-electron chi connectivity index (χ0n) is 13.8. The van der Waals surface area contributed by atoms with E-state index in [1.807, 2.05) is 25.1 Å². The third kappa shape index (κ3) is 3.14. The van der Waals surface area contributed by atoms with Gasteiger partial charge in [-0.15, -0.1) is 0 Å². The van der Waals surface area contributed by atoms with Crippen molar-refractivity contribution in [3.8, 4) is 5.75 Å². The van der Waals surface area contributed by atoms with Gasteiger partial charge in [-0.05, 0) is 37.8 Å². The minimum atomic E-state index is -0.386. The van der Waals surface area contributed by atoms with Gasteiger partial charge in [0, 0.05) is 24.5 Å². The fourth-order valence-electron chi connectivity index (χ4n) is 3.02. The van der Waals surface area contributed by atoms with E-state index in [0.717, 1.165) is 43.4 Å². The van der Waals surface area contributed by atoms with Crippen LogP contribution < -0.4 is 9.64 Å². The molecule has 5 nitrogen and oxygen atoms in total. The molecule has 0 bridgehead atoms. The summed E-state index contributed by atoms with van der Waals surface area (Å²) in [6, 6.07) is 5.67. The van der Waals surface area contributed by atoms with Gasteiger partial charge in [-0.2, -0.15) is 0 Å². The summed E-state index contributed by atoms with van der Waals surface area (Å²) in [4.78, 5) is 14.7. The molecule has 1 aliphatic rings. The molecule has 0 spiro atoms. The number of methoxy groups -OCH3 is 1. The van der Waals surface area contributed by atoms with Crippen molar-refractivity contribution in [2.75, 3.05) is 31.7 Å². The molecule has 1 aliphatic heterocycles. The Morgan fingerprint density at radius 2 is 2.04 bits per heavy atom. The predicted octanol–water partition coefficient (Wildman–Crippen LogP) is 4.00. The lowest BCUT2D eigenvalue weighted by atomic mass is 10.1. The number of piperidine rings is 1. The molecule has 0 unspecified atom stereocenters. The first-order valence-electron chi connectivity index (χ1n) is 8.27. The van der Waals surface area contributed by atoms with Crippen LogP contribution in [0.2, 0.25) is 0 Å². The number of carbonyl (C=O) groups is 1. The van der Waals surface area contributed by atoms with Crippen LogP contribution in [0.3, 0.4) is 0 Å². The van der Waals surface area contributed by atoms with E-state index in [-0.39, 0.29) is 5.97 Å². The van der Waals surface area contributed by atoms with E-state index in [1.54, 1.807) is 7.11 Å². The fourth-order valence-corrected chi connectivity index (χ4v) is 3.02. The monoisotopic (exact) mass is 317 g/mol. The number of esters is 1. The van der Waals surface area contributed by atoms with Crippen molar-refractivity contribution >= 4 is 22.6 Å². The molecule has 3 rings (SSSR count). The first kappa shape index (κ1) is 15.7. The second-order valence-electron chi connectivity index (χ2n) is 5.83. The summed E-state index contributed by atoms with van der Waals surface area (Å²) in [6.45, 7) is 4.25. The number of rotatable bonds is 5. The molecule has 2 aromatic rings.